The summed E-state index contributed by atoms with van der Waals surface area (Å²) in [7, 11) is 0. The van der Waals surface area contributed by atoms with Crippen LogP contribution in [0.25, 0.3) is 5.69 Å². The normalized spacial score (nSPS) is 9.95. The van der Waals surface area contributed by atoms with E-state index in [1.54, 1.807) is 10.9 Å². The lowest BCUT2D eigenvalue weighted by molar-refractivity contribution is -0.120. The van der Waals surface area contributed by atoms with Gasteiger partial charge < -0.3 is 10.6 Å². The third-order valence-corrected chi connectivity index (χ3v) is 2.71. The van der Waals surface area contributed by atoms with Crippen molar-refractivity contribution in [2.75, 3.05) is 13.1 Å². The van der Waals surface area contributed by atoms with Crippen molar-refractivity contribution in [2.24, 2.45) is 0 Å². The topological polar surface area (TPSA) is 82.7 Å². The number of hydrogen-bond donors (Lipinski definition) is 2. The number of aromatic nitrogens is 2. The predicted octanol–water partition coefficient (Wildman–Crippen LogP) is 0.602. The molecule has 0 spiro atoms. The first kappa shape index (κ1) is 13.8. The molecule has 0 saturated carbocycles. The molecule has 1 aromatic carbocycles. The maximum Gasteiger partial charge on any atom is 0.234 e. The first-order chi connectivity index (χ1) is 9.81. The zero-order valence-electron chi connectivity index (χ0n) is 10.9. The monoisotopic (exact) mass is 269 g/mol. The Kier molecular flexibility index (Phi) is 4.87. The van der Waals surface area contributed by atoms with Gasteiger partial charge >= 0.3 is 0 Å². The Hall–Kier alpha value is -2.65. The third kappa shape index (κ3) is 3.67. The summed E-state index contributed by atoms with van der Waals surface area (Å²) in [6.07, 6.45) is 3.60. The van der Waals surface area contributed by atoms with E-state index in [1.165, 1.54) is 0 Å². The molecule has 0 saturated heterocycles. The number of nitrogens with zero attached hydrogens (tertiary/aromatic N) is 3. The van der Waals surface area contributed by atoms with Gasteiger partial charge in [0, 0.05) is 18.9 Å². The van der Waals surface area contributed by atoms with Crippen molar-refractivity contribution in [1.82, 2.24) is 20.4 Å². The van der Waals surface area contributed by atoms with Gasteiger partial charge in [-0.25, -0.2) is 4.68 Å². The summed E-state index contributed by atoms with van der Waals surface area (Å²) < 4.78 is 1.78. The number of rotatable bonds is 6. The van der Waals surface area contributed by atoms with E-state index >= 15 is 0 Å². The second-order valence-electron chi connectivity index (χ2n) is 4.12. The molecule has 102 valence electrons. The highest BCUT2D eigenvalue weighted by Crippen LogP contribution is 2.12. The van der Waals surface area contributed by atoms with E-state index in [1.807, 2.05) is 42.6 Å². The molecule has 0 unspecified atom stereocenters. The zero-order chi connectivity index (χ0) is 14.2. The van der Waals surface area contributed by atoms with Crippen LogP contribution in [0.15, 0.2) is 42.7 Å². The molecule has 0 fully saturated rings. The van der Waals surface area contributed by atoms with Gasteiger partial charge in [-0.15, -0.1) is 0 Å². The average molecular weight is 269 g/mol. The van der Waals surface area contributed by atoms with Gasteiger partial charge in [-0.2, -0.15) is 10.4 Å². The molecule has 0 aliphatic carbocycles. The van der Waals surface area contributed by atoms with Crippen molar-refractivity contribution in [3.8, 4) is 11.8 Å². The second kappa shape index (κ2) is 7.07. The molecule has 1 heterocycles. The van der Waals surface area contributed by atoms with Crippen LogP contribution in [0.1, 0.15) is 5.56 Å². The number of hydrogen-bond acceptors (Lipinski definition) is 4. The highest BCUT2D eigenvalue weighted by molar-refractivity contribution is 5.78. The van der Waals surface area contributed by atoms with Gasteiger partial charge in [0.1, 0.15) is 6.54 Å². The summed E-state index contributed by atoms with van der Waals surface area (Å²) in [5.74, 6) is -0.192. The van der Waals surface area contributed by atoms with Crippen LogP contribution in [0.3, 0.4) is 0 Å². The summed E-state index contributed by atoms with van der Waals surface area (Å²) in [6.45, 7) is 0.759. The molecule has 1 aromatic heterocycles. The molecule has 0 atom stereocenters. The van der Waals surface area contributed by atoms with Crippen molar-refractivity contribution in [3.63, 3.8) is 0 Å². The van der Waals surface area contributed by atoms with Crippen LogP contribution in [0.4, 0.5) is 0 Å². The van der Waals surface area contributed by atoms with E-state index in [4.69, 9.17) is 5.26 Å². The average Bonchev–Trinajstić information content (AvgIpc) is 2.99. The van der Waals surface area contributed by atoms with Crippen molar-refractivity contribution in [1.29, 1.82) is 5.26 Å². The predicted molar refractivity (Wildman–Crippen MR) is 73.9 cm³/mol. The summed E-state index contributed by atoms with van der Waals surface area (Å²) >= 11 is 0. The summed E-state index contributed by atoms with van der Waals surface area (Å²) in [5, 5.41) is 18.1. The molecule has 6 heteroatoms. The Morgan fingerprint density at radius 1 is 1.35 bits per heavy atom. The Balaban J connectivity index is 1.94. The minimum Gasteiger partial charge on any atom is -0.342 e. The van der Waals surface area contributed by atoms with Crippen LogP contribution in [-0.4, -0.2) is 28.8 Å². The number of carbonyl (C=O) groups is 1. The largest absolute Gasteiger partial charge is 0.342 e. The number of amides is 1. The number of nitriles is 1. The quantitative estimate of drug-likeness (QED) is 0.752. The number of benzene rings is 1. The molecule has 0 aliphatic rings. The first-order valence-corrected chi connectivity index (χ1v) is 6.23. The van der Waals surface area contributed by atoms with E-state index in [0.29, 0.717) is 6.54 Å². The standard InChI is InChI=1S/C14H15N5O/c15-6-8-17-14(20)11-16-10-12-4-1-2-5-13(12)19-9-3-7-18-19/h1-5,7,9,16H,8,10-11H2,(H,17,20). The van der Waals surface area contributed by atoms with Crippen molar-refractivity contribution < 1.29 is 4.79 Å². The van der Waals surface area contributed by atoms with Gasteiger partial charge in [0.2, 0.25) is 5.91 Å². The minimum absolute atomic E-state index is 0.0321. The Bertz CT molecular complexity index is 600. The van der Waals surface area contributed by atoms with Gasteiger partial charge in [-0.1, -0.05) is 18.2 Å². The fourth-order valence-corrected chi connectivity index (χ4v) is 1.81. The van der Waals surface area contributed by atoms with Crippen LogP contribution < -0.4 is 10.6 Å². The summed E-state index contributed by atoms with van der Waals surface area (Å²) in [6, 6.07) is 11.6. The molecule has 2 rings (SSSR count). The van der Waals surface area contributed by atoms with Gasteiger partial charge in [-0.3, -0.25) is 4.79 Å². The van der Waals surface area contributed by atoms with Crippen LogP contribution in [0.2, 0.25) is 0 Å². The highest BCUT2D eigenvalue weighted by atomic mass is 16.1. The fourth-order valence-electron chi connectivity index (χ4n) is 1.81. The third-order valence-electron chi connectivity index (χ3n) is 2.71. The Morgan fingerprint density at radius 3 is 2.95 bits per heavy atom. The second-order valence-corrected chi connectivity index (χ2v) is 4.12. The fraction of sp³-hybridized carbons (Fsp3) is 0.214. The molecular formula is C14H15N5O. The summed E-state index contributed by atoms with van der Waals surface area (Å²) in [5.41, 5.74) is 2.02. The lowest BCUT2D eigenvalue weighted by Gasteiger charge is -2.10. The van der Waals surface area contributed by atoms with Gasteiger partial charge in [0.05, 0.1) is 18.3 Å². The van der Waals surface area contributed by atoms with Gasteiger partial charge in [0.25, 0.3) is 0 Å². The first-order valence-electron chi connectivity index (χ1n) is 6.23. The minimum atomic E-state index is -0.192. The zero-order valence-corrected chi connectivity index (χ0v) is 10.9. The van der Waals surface area contributed by atoms with E-state index in [0.717, 1.165) is 11.3 Å². The number of nitrogens with one attached hydrogen (secondary N) is 2. The Labute approximate surface area is 117 Å². The number of carbonyl (C=O) groups excluding carboxylic acids is 1. The lowest BCUT2D eigenvalue weighted by atomic mass is 10.2. The molecule has 6 nitrogen and oxygen atoms in total. The Morgan fingerprint density at radius 2 is 2.20 bits per heavy atom. The van der Waals surface area contributed by atoms with Crippen molar-refractivity contribution in [2.45, 2.75) is 6.54 Å². The van der Waals surface area contributed by atoms with Gasteiger partial charge in [0.15, 0.2) is 0 Å². The summed E-state index contributed by atoms with van der Waals surface area (Å²) in [4.78, 5) is 11.4. The number of para-hydroxylation sites is 1. The molecule has 0 radical (unpaired) electrons. The molecule has 20 heavy (non-hydrogen) atoms. The molecule has 1 amide bonds. The van der Waals surface area contributed by atoms with Crippen LogP contribution in [0.5, 0.6) is 0 Å². The van der Waals surface area contributed by atoms with Gasteiger partial charge in [-0.05, 0) is 17.7 Å². The molecule has 2 N–H and O–H groups in total. The molecule has 0 bridgehead atoms. The maximum atomic E-state index is 11.4. The van der Waals surface area contributed by atoms with E-state index < -0.39 is 0 Å². The van der Waals surface area contributed by atoms with E-state index in [9.17, 15) is 4.79 Å². The maximum absolute atomic E-state index is 11.4. The van der Waals surface area contributed by atoms with Crippen LogP contribution in [0, 0.1) is 11.3 Å². The van der Waals surface area contributed by atoms with E-state index in [-0.39, 0.29) is 19.0 Å². The molecule has 2 aromatic rings. The van der Waals surface area contributed by atoms with E-state index in [2.05, 4.69) is 15.7 Å². The molecular weight excluding hydrogens is 254 g/mol. The van der Waals surface area contributed by atoms with Crippen LogP contribution in [-0.2, 0) is 11.3 Å². The highest BCUT2D eigenvalue weighted by Gasteiger charge is 2.05. The van der Waals surface area contributed by atoms with Crippen LogP contribution >= 0.6 is 0 Å². The van der Waals surface area contributed by atoms with Crippen molar-refractivity contribution in [3.05, 3.63) is 48.3 Å². The van der Waals surface area contributed by atoms with Crippen molar-refractivity contribution >= 4 is 5.91 Å². The molecule has 0 aliphatic heterocycles. The smallest absolute Gasteiger partial charge is 0.234 e. The lowest BCUT2D eigenvalue weighted by Crippen LogP contribution is -2.33. The SMILES string of the molecule is N#CCNC(=O)CNCc1ccccc1-n1cccn1.